The first-order chi connectivity index (χ1) is 38.5. The number of unbranched alkanes of at least 4 members (excludes halogenated alkanes) is 30. The molecule has 0 radical (unpaired) electrons. The average Bonchev–Trinajstić information content (AvgIpc) is 3.44. The first-order valence-corrected chi connectivity index (χ1v) is 32.9. The van der Waals surface area contributed by atoms with Crippen molar-refractivity contribution in [3.8, 4) is 0 Å². The van der Waals surface area contributed by atoms with Gasteiger partial charge < -0.3 is 14.2 Å². The van der Waals surface area contributed by atoms with Gasteiger partial charge in [-0.15, -0.1) is 0 Å². The molecule has 0 N–H and O–H groups in total. The Morgan fingerprint density at radius 1 is 0.269 bits per heavy atom. The Bertz CT molecular complexity index is 1570. The van der Waals surface area contributed by atoms with Crippen molar-refractivity contribution in [2.24, 2.45) is 0 Å². The second-order valence-corrected chi connectivity index (χ2v) is 21.6. The molecule has 78 heavy (non-hydrogen) atoms. The lowest BCUT2D eigenvalue weighted by Gasteiger charge is -2.18. The van der Waals surface area contributed by atoms with Crippen molar-refractivity contribution in [1.82, 2.24) is 0 Å². The van der Waals surface area contributed by atoms with Crippen molar-refractivity contribution in [3.05, 3.63) is 109 Å². The molecule has 0 heterocycles. The van der Waals surface area contributed by atoms with E-state index in [2.05, 4.69) is 130 Å². The highest BCUT2D eigenvalue weighted by Crippen LogP contribution is 2.16. The number of hydrogen-bond donors (Lipinski definition) is 0. The van der Waals surface area contributed by atoms with E-state index in [0.717, 1.165) is 135 Å². The largest absolute Gasteiger partial charge is 0.462 e. The van der Waals surface area contributed by atoms with Crippen LogP contribution in [0.3, 0.4) is 0 Å². The Labute approximate surface area is 482 Å². The molecule has 0 saturated carbocycles. The van der Waals surface area contributed by atoms with Gasteiger partial charge in [0.2, 0.25) is 0 Å². The van der Waals surface area contributed by atoms with Gasteiger partial charge in [-0.1, -0.05) is 278 Å². The van der Waals surface area contributed by atoms with Crippen LogP contribution in [-0.4, -0.2) is 37.2 Å². The van der Waals surface area contributed by atoms with E-state index in [0.29, 0.717) is 19.3 Å². The van der Waals surface area contributed by atoms with Crippen molar-refractivity contribution in [3.63, 3.8) is 0 Å². The zero-order valence-electron chi connectivity index (χ0n) is 51.2. The number of esters is 3. The number of ether oxygens (including phenoxy) is 3. The molecule has 0 aromatic heterocycles. The van der Waals surface area contributed by atoms with Gasteiger partial charge in [-0.25, -0.2) is 0 Å². The zero-order chi connectivity index (χ0) is 56.4. The summed E-state index contributed by atoms with van der Waals surface area (Å²) in [5.74, 6) is -0.906. The highest BCUT2D eigenvalue weighted by molar-refractivity contribution is 5.71. The monoisotopic (exact) mass is 1080 g/mol. The molecule has 6 nitrogen and oxygen atoms in total. The fraction of sp³-hybridized carbons (Fsp3) is 0.708. The SMILES string of the molecule is CC/C=C\C/C=C\C/C=C\C/C=C\C/C=C\C/C=C\CCCCCCCCC(=O)OCC(COC(=O)CCCCCCC/C=C\CCC)OC(=O)CCCCCCCCCCCCCCC/C=C\C/C=C\CCCCCCC. The summed E-state index contributed by atoms with van der Waals surface area (Å²) in [4.78, 5) is 38.3. The highest BCUT2D eigenvalue weighted by Gasteiger charge is 2.19. The first kappa shape index (κ1) is 74.1. The van der Waals surface area contributed by atoms with Crippen LogP contribution in [0, 0.1) is 0 Å². The van der Waals surface area contributed by atoms with Crippen LogP contribution in [0.1, 0.15) is 310 Å². The van der Waals surface area contributed by atoms with Gasteiger partial charge in [0.25, 0.3) is 0 Å². The van der Waals surface area contributed by atoms with Crippen LogP contribution < -0.4 is 0 Å². The smallest absolute Gasteiger partial charge is 0.306 e. The Balaban J connectivity index is 4.28. The van der Waals surface area contributed by atoms with Gasteiger partial charge in [-0.3, -0.25) is 14.4 Å². The molecule has 0 aromatic rings. The molecule has 1 unspecified atom stereocenters. The molecule has 0 rings (SSSR count). The lowest BCUT2D eigenvalue weighted by Crippen LogP contribution is -2.30. The van der Waals surface area contributed by atoms with Crippen LogP contribution in [0.4, 0.5) is 0 Å². The van der Waals surface area contributed by atoms with Crippen LogP contribution in [0.5, 0.6) is 0 Å². The van der Waals surface area contributed by atoms with E-state index in [1.54, 1.807) is 0 Å². The maximum absolute atomic E-state index is 12.9. The predicted molar refractivity (Wildman–Crippen MR) is 339 cm³/mol. The van der Waals surface area contributed by atoms with Crippen molar-refractivity contribution in [1.29, 1.82) is 0 Å². The third-order valence-electron chi connectivity index (χ3n) is 14.0. The van der Waals surface area contributed by atoms with Crippen molar-refractivity contribution in [2.45, 2.75) is 316 Å². The van der Waals surface area contributed by atoms with E-state index in [1.165, 1.54) is 135 Å². The summed E-state index contributed by atoms with van der Waals surface area (Å²) in [6, 6.07) is 0. The number of hydrogen-bond acceptors (Lipinski definition) is 6. The summed E-state index contributed by atoms with van der Waals surface area (Å²) in [5, 5.41) is 0. The van der Waals surface area contributed by atoms with E-state index < -0.39 is 6.10 Å². The second-order valence-electron chi connectivity index (χ2n) is 21.6. The summed E-state index contributed by atoms with van der Waals surface area (Å²) >= 11 is 0. The minimum atomic E-state index is -0.790. The van der Waals surface area contributed by atoms with E-state index in [9.17, 15) is 14.4 Å². The molecule has 6 heteroatoms. The average molecular weight is 1080 g/mol. The molecule has 0 aliphatic heterocycles. The van der Waals surface area contributed by atoms with Gasteiger partial charge in [0.05, 0.1) is 0 Å². The molecule has 0 amide bonds. The minimum absolute atomic E-state index is 0.0875. The summed E-state index contributed by atoms with van der Waals surface area (Å²) in [6.07, 6.45) is 89.6. The van der Waals surface area contributed by atoms with Crippen molar-refractivity contribution < 1.29 is 28.6 Å². The van der Waals surface area contributed by atoms with Crippen LogP contribution in [0.2, 0.25) is 0 Å². The van der Waals surface area contributed by atoms with E-state index >= 15 is 0 Å². The van der Waals surface area contributed by atoms with Gasteiger partial charge in [0.1, 0.15) is 13.2 Å². The maximum atomic E-state index is 12.9. The highest BCUT2D eigenvalue weighted by atomic mass is 16.6. The molecule has 0 fully saturated rings. The minimum Gasteiger partial charge on any atom is -0.462 e. The number of rotatable bonds is 59. The van der Waals surface area contributed by atoms with Gasteiger partial charge in [0.15, 0.2) is 6.10 Å². The lowest BCUT2D eigenvalue weighted by atomic mass is 10.0. The van der Waals surface area contributed by atoms with Gasteiger partial charge >= 0.3 is 17.9 Å². The summed E-state index contributed by atoms with van der Waals surface area (Å²) in [6.45, 7) is 6.45. The molecule has 0 bridgehead atoms. The van der Waals surface area contributed by atoms with Gasteiger partial charge in [-0.2, -0.15) is 0 Å². The predicted octanol–water partition coefficient (Wildman–Crippen LogP) is 22.6. The summed E-state index contributed by atoms with van der Waals surface area (Å²) in [5.41, 5.74) is 0. The molecule has 0 saturated heterocycles. The Kier molecular flexibility index (Phi) is 62.3. The van der Waals surface area contributed by atoms with Crippen LogP contribution in [0.15, 0.2) is 109 Å². The zero-order valence-corrected chi connectivity index (χ0v) is 51.2. The Morgan fingerprint density at radius 3 is 0.846 bits per heavy atom. The molecule has 0 spiro atoms. The van der Waals surface area contributed by atoms with E-state index in [1.807, 2.05) is 0 Å². The van der Waals surface area contributed by atoms with Gasteiger partial charge in [-0.05, 0) is 122 Å². The third kappa shape index (κ3) is 62.9. The molecule has 0 aliphatic carbocycles. The molecule has 446 valence electrons. The number of carbonyl (C=O) groups is 3. The number of carbonyl (C=O) groups excluding carboxylic acids is 3. The molecule has 1 atom stereocenters. The molecular formula is C72H122O6. The van der Waals surface area contributed by atoms with Crippen molar-refractivity contribution >= 4 is 17.9 Å². The van der Waals surface area contributed by atoms with E-state index in [-0.39, 0.29) is 31.1 Å². The van der Waals surface area contributed by atoms with E-state index in [4.69, 9.17) is 14.2 Å². The normalized spacial score (nSPS) is 12.8. The molecular weight excluding hydrogens is 961 g/mol. The standard InChI is InChI=1S/C72H122O6/c1-4-7-10-13-16-19-22-24-26-28-30-32-34-36-38-40-42-44-46-48-50-53-56-59-62-65-71(74)77-68-69(67-76-70(73)64-61-58-55-52-21-18-15-12-9-6-3)78-72(75)66-63-60-57-54-51-49-47-45-43-41-39-37-35-33-31-29-27-25-23-20-17-14-11-8-5-2/h7,10,12,15-16,19,23-26,29-32,36,38,42,44,69H,4-6,8-9,11,13-14,17-18,20-22,27-28,33-35,37,39-41,43,45-68H2,1-3H3/b10-7-,15-12-,19-16-,25-23-,26-24-,31-29-,32-30-,38-36-,44-42-. The first-order valence-electron chi connectivity index (χ1n) is 32.9. The topological polar surface area (TPSA) is 78.9 Å². The van der Waals surface area contributed by atoms with Crippen LogP contribution in [-0.2, 0) is 28.6 Å². The maximum Gasteiger partial charge on any atom is 0.306 e. The number of allylic oxidation sites excluding steroid dienone is 18. The van der Waals surface area contributed by atoms with Crippen molar-refractivity contribution in [2.75, 3.05) is 13.2 Å². The Hall–Kier alpha value is -3.93. The lowest BCUT2D eigenvalue weighted by molar-refractivity contribution is -0.167. The second kappa shape index (κ2) is 65.6. The summed E-state index contributed by atoms with van der Waals surface area (Å²) < 4.78 is 16.9. The molecule has 0 aromatic carbocycles. The quantitative estimate of drug-likeness (QED) is 0.0261. The Morgan fingerprint density at radius 2 is 0.526 bits per heavy atom. The fourth-order valence-corrected chi connectivity index (χ4v) is 9.07. The summed E-state index contributed by atoms with van der Waals surface area (Å²) in [7, 11) is 0. The fourth-order valence-electron chi connectivity index (χ4n) is 9.07. The van der Waals surface area contributed by atoms with Crippen LogP contribution >= 0.6 is 0 Å². The third-order valence-corrected chi connectivity index (χ3v) is 14.0. The molecule has 0 aliphatic rings. The van der Waals surface area contributed by atoms with Gasteiger partial charge in [0, 0.05) is 19.3 Å². The van der Waals surface area contributed by atoms with Crippen LogP contribution in [0.25, 0.3) is 0 Å².